The number of allylic oxidation sites excluding steroid dienone is 1. The molecule has 0 unspecified atom stereocenters. The fourth-order valence-electron chi connectivity index (χ4n) is 0.393. The highest BCUT2D eigenvalue weighted by molar-refractivity contribution is 7.97. The Hall–Kier alpha value is -0.240. The molecule has 0 saturated heterocycles. The Kier molecular flexibility index (Phi) is 3.61. The van der Waals surface area contributed by atoms with Gasteiger partial charge in [0.05, 0.1) is 0 Å². The van der Waals surface area contributed by atoms with Gasteiger partial charge in [-0.25, -0.2) is 0 Å². The Bertz CT molecular complexity index is 116. The van der Waals surface area contributed by atoms with E-state index < -0.39 is 0 Å². The molecule has 0 spiro atoms. The van der Waals surface area contributed by atoms with E-state index in [0.29, 0.717) is 0 Å². The molecular formula is C6H10OS. The zero-order valence-corrected chi connectivity index (χ0v) is 6.03. The molecule has 0 aliphatic carbocycles. The molecule has 0 aromatic heterocycles. The highest BCUT2D eigenvalue weighted by Crippen LogP contribution is 1.98. The van der Waals surface area contributed by atoms with E-state index in [1.165, 1.54) is 0 Å². The van der Waals surface area contributed by atoms with Gasteiger partial charge in [0, 0.05) is 0 Å². The lowest BCUT2D eigenvalue weighted by Crippen LogP contribution is -1.85. The molecular weight excluding hydrogens is 120 g/mol. The van der Waals surface area contributed by atoms with Gasteiger partial charge in [-0.15, -0.1) is 12.6 Å². The maximum Gasteiger partial charge on any atom is 0.211 e. The van der Waals surface area contributed by atoms with E-state index in [-0.39, 0.29) is 5.12 Å². The molecule has 0 aromatic rings. The van der Waals surface area contributed by atoms with Crippen molar-refractivity contribution in [3.8, 4) is 0 Å². The number of thiol groups is 1. The predicted molar refractivity (Wildman–Crippen MR) is 38.0 cm³/mol. The van der Waals surface area contributed by atoms with Crippen LogP contribution < -0.4 is 0 Å². The minimum absolute atomic E-state index is 0.133. The van der Waals surface area contributed by atoms with Gasteiger partial charge >= 0.3 is 0 Å². The van der Waals surface area contributed by atoms with Gasteiger partial charge in [-0.3, -0.25) is 4.79 Å². The summed E-state index contributed by atoms with van der Waals surface area (Å²) in [6, 6.07) is 0. The zero-order chi connectivity index (χ0) is 6.57. The van der Waals surface area contributed by atoms with E-state index in [2.05, 4.69) is 12.6 Å². The third-order valence-electron chi connectivity index (χ3n) is 0.848. The average Bonchev–Trinajstić information content (AvgIpc) is 1.67. The zero-order valence-electron chi connectivity index (χ0n) is 5.14. The minimum Gasteiger partial charge on any atom is -0.282 e. The van der Waals surface area contributed by atoms with Crippen molar-refractivity contribution in [2.24, 2.45) is 0 Å². The summed E-state index contributed by atoms with van der Waals surface area (Å²) in [5, 5.41) is -0.133. The quantitative estimate of drug-likeness (QED) is 0.445. The summed E-state index contributed by atoms with van der Waals surface area (Å²) in [7, 11) is 0. The molecule has 2 heteroatoms. The van der Waals surface area contributed by atoms with E-state index in [1.54, 1.807) is 6.92 Å². The number of hydrogen-bond acceptors (Lipinski definition) is 1. The van der Waals surface area contributed by atoms with Gasteiger partial charge in [0.1, 0.15) is 0 Å². The monoisotopic (exact) mass is 130 g/mol. The van der Waals surface area contributed by atoms with Crippen LogP contribution in [0.5, 0.6) is 0 Å². The second kappa shape index (κ2) is 3.72. The number of rotatable bonds is 2. The van der Waals surface area contributed by atoms with Gasteiger partial charge in [-0.1, -0.05) is 13.0 Å². The molecule has 46 valence electrons. The van der Waals surface area contributed by atoms with Crippen molar-refractivity contribution in [3.63, 3.8) is 0 Å². The minimum atomic E-state index is -0.133. The molecule has 0 radical (unpaired) electrons. The van der Waals surface area contributed by atoms with Crippen LogP contribution in [0.1, 0.15) is 20.3 Å². The van der Waals surface area contributed by atoms with Gasteiger partial charge in [-0.2, -0.15) is 0 Å². The van der Waals surface area contributed by atoms with Crippen LogP contribution in [0.2, 0.25) is 0 Å². The van der Waals surface area contributed by atoms with E-state index in [4.69, 9.17) is 0 Å². The molecule has 0 atom stereocenters. The summed E-state index contributed by atoms with van der Waals surface area (Å²) >= 11 is 3.62. The molecule has 1 nitrogen and oxygen atoms in total. The summed E-state index contributed by atoms with van der Waals surface area (Å²) in [4.78, 5) is 10.3. The van der Waals surface area contributed by atoms with Crippen LogP contribution >= 0.6 is 12.6 Å². The second-order valence-corrected chi connectivity index (χ2v) is 2.01. The van der Waals surface area contributed by atoms with Crippen molar-refractivity contribution in [1.29, 1.82) is 0 Å². The van der Waals surface area contributed by atoms with Crippen LogP contribution in [0, 0.1) is 0 Å². The van der Waals surface area contributed by atoms with Crippen LogP contribution in [-0.4, -0.2) is 5.12 Å². The lowest BCUT2D eigenvalue weighted by Gasteiger charge is -1.87. The third-order valence-corrected chi connectivity index (χ3v) is 1.20. The fourth-order valence-corrected chi connectivity index (χ4v) is 0.485. The molecule has 0 rings (SSSR count). The average molecular weight is 130 g/mol. The van der Waals surface area contributed by atoms with E-state index in [1.807, 2.05) is 13.0 Å². The fraction of sp³-hybridized carbons (Fsp3) is 0.500. The van der Waals surface area contributed by atoms with Gasteiger partial charge in [-0.05, 0) is 18.9 Å². The second-order valence-electron chi connectivity index (χ2n) is 1.60. The molecule has 0 N–H and O–H groups in total. The molecule has 0 amide bonds. The Labute approximate surface area is 55.2 Å². The van der Waals surface area contributed by atoms with Crippen molar-refractivity contribution < 1.29 is 4.79 Å². The van der Waals surface area contributed by atoms with E-state index >= 15 is 0 Å². The predicted octanol–water partition coefficient (Wildman–Crippen LogP) is 1.80. The number of hydrogen-bond donors (Lipinski definition) is 1. The van der Waals surface area contributed by atoms with Crippen molar-refractivity contribution in [2.45, 2.75) is 20.3 Å². The highest BCUT2D eigenvalue weighted by atomic mass is 32.1. The van der Waals surface area contributed by atoms with Gasteiger partial charge in [0.2, 0.25) is 5.12 Å². The normalized spacial score (nSPS) is 11.6. The summed E-state index contributed by atoms with van der Waals surface area (Å²) in [5.41, 5.74) is 0.732. The summed E-state index contributed by atoms with van der Waals surface area (Å²) in [6.45, 7) is 3.75. The van der Waals surface area contributed by atoms with Crippen LogP contribution in [0.15, 0.2) is 11.6 Å². The topological polar surface area (TPSA) is 17.1 Å². The maximum absolute atomic E-state index is 10.3. The highest BCUT2D eigenvalue weighted by Gasteiger charge is 1.92. The largest absolute Gasteiger partial charge is 0.282 e. The van der Waals surface area contributed by atoms with Crippen molar-refractivity contribution in [1.82, 2.24) is 0 Å². The van der Waals surface area contributed by atoms with Crippen LogP contribution in [0.3, 0.4) is 0 Å². The van der Waals surface area contributed by atoms with Crippen molar-refractivity contribution in [3.05, 3.63) is 11.6 Å². The Morgan fingerprint density at radius 3 is 2.38 bits per heavy atom. The first-order valence-electron chi connectivity index (χ1n) is 2.58. The van der Waals surface area contributed by atoms with Crippen LogP contribution in [0.25, 0.3) is 0 Å². The molecule has 8 heavy (non-hydrogen) atoms. The Morgan fingerprint density at radius 1 is 1.75 bits per heavy atom. The first-order chi connectivity index (χ1) is 3.68. The van der Waals surface area contributed by atoms with Gasteiger partial charge in [0.15, 0.2) is 0 Å². The smallest absolute Gasteiger partial charge is 0.211 e. The molecule has 0 heterocycles. The van der Waals surface area contributed by atoms with E-state index in [0.717, 1.165) is 12.0 Å². The molecule has 0 saturated carbocycles. The lowest BCUT2D eigenvalue weighted by molar-refractivity contribution is -0.107. The number of carbonyl (C=O) groups excluding carboxylic acids is 1. The van der Waals surface area contributed by atoms with Crippen molar-refractivity contribution >= 4 is 17.7 Å². The third kappa shape index (κ3) is 2.86. The van der Waals surface area contributed by atoms with Gasteiger partial charge < -0.3 is 0 Å². The lowest BCUT2D eigenvalue weighted by atomic mass is 10.3. The standard InChI is InChI=1S/C6H10OS/c1-3-4-5(2)6(7)8/h4H,3H2,1-2H3,(H,7,8). The first-order valence-corrected chi connectivity index (χ1v) is 3.03. The molecule has 0 fully saturated rings. The van der Waals surface area contributed by atoms with E-state index in [9.17, 15) is 4.79 Å². The Morgan fingerprint density at radius 2 is 2.25 bits per heavy atom. The first kappa shape index (κ1) is 7.76. The van der Waals surface area contributed by atoms with Crippen LogP contribution in [0.4, 0.5) is 0 Å². The number of carbonyl (C=O) groups is 1. The Balaban J connectivity index is 3.80. The summed E-state index contributed by atoms with van der Waals surface area (Å²) < 4.78 is 0. The summed E-state index contributed by atoms with van der Waals surface area (Å²) in [6.07, 6.45) is 2.76. The van der Waals surface area contributed by atoms with Crippen molar-refractivity contribution in [2.75, 3.05) is 0 Å². The van der Waals surface area contributed by atoms with Crippen LogP contribution in [-0.2, 0) is 4.79 Å². The maximum atomic E-state index is 10.3. The summed E-state index contributed by atoms with van der Waals surface area (Å²) in [5.74, 6) is 0. The SMILES string of the molecule is CCC=C(C)C(=O)S. The molecule has 0 bridgehead atoms. The molecule has 0 aromatic carbocycles. The van der Waals surface area contributed by atoms with Gasteiger partial charge in [0.25, 0.3) is 0 Å². The molecule has 0 aliphatic rings. The molecule has 0 aliphatic heterocycles.